The normalized spacial score (nSPS) is 11.5. The molecular formula is C18H18ClNO4. The number of amides is 1. The molecule has 0 aliphatic rings. The lowest BCUT2D eigenvalue weighted by Crippen LogP contribution is -2.30. The van der Waals surface area contributed by atoms with Crippen LogP contribution in [0.15, 0.2) is 48.5 Å². The van der Waals surface area contributed by atoms with Crippen molar-refractivity contribution in [3.8, 4) is 5.75 Å². The molecule has 2 aromatic carbocycles. The Kier molecular flexibility index (Phi) is 6.21. The molecular weight excluding hydrogens is 330 g/mol. The highest BCUT2D eigenvalue weighted by Crippen LogP contribution is 2.18. The van der Waals surface area contributed by atoms with E-state index in [9.17, 15) is 9.59 Å². The molecule has 0 spiro atoms. The molecule has 126 valence electrons. The summed E-state index contributed by atoms with van der Waals surface area (Å²) in [6.45, 7) is 3.67. The van der Waals surface area contributed by atoms with E-state index in [0.29, 0.717) is 28.6 Å². The van der Waals surface area contributed by atoms with Crippen LogP contribution in [-0.4, -0.2) is 24.6 Å². The smallest absolute Gasteiger partial charge is 0.338 e. The zero-order valence-electron chi connectivity index (χ0n) is 13.4. The molecule has 2 rings (SSSR count). The maximum atomic E-state index is 12.2. The molecule has 0 saturated heterocycles. The zero-order chi connectivity index (χ0) is 17.5. The number of hydrogen-bond donors (Lipinski definition) is 1. The van der Waals surface area contributed by atoms with Crippen LogP contribution in [0.1, 0.15) is 24.2 Å². The summed E-state index contributed by atoms with van der Waals surface area (Å²) in [5.74, 6) is -0.215. The highest BCUT2D eigenvalue weighted by molar-refractivity contribution is 6.30. The SMILES string of the molecule is CCOC(=O)c1cccc(NC(=O)[C@H](C)Oc2ccc(Cl)cc2)c1. The predicted octanol–water partition coefficient (Wildman–Crippen LogP) is 3.92. The van der Waals surface area contributed by atoms with Crippen LogP contribution >= 0.6 is 11.6 Å². The molecule has 0 heterocycles. The van der Waals surface area contributed by atoms with Gasteiger partial charge in [-0.15, -0.1) is 0 Å². The van der Waals surface area contributed by atoms with E-state index >= 15 is 0 Å². The molecule has 0 unspecified atom stereocenters. The van der Waals surface area contributed by atoms with Crippen LogP contribution in [0, 0.1) is 0 Å². The molecule has 1 N–H and O–H groups in total. The van der Waals surface area contributed by atoms with Gasteiger partial charge < -0.3 is 14.8 Å². The number of halogens is 1. The first-order chi connectivity index (χ1) is 11.5. The largest absolute Gasteiger partial charge is 0.481 e. The third-order valence-corrected chi connectivity index (χ3v) is 3.39. The van der Waals surface area contributed by atoms with Crippen LogP contribution in [0.5, 0.6) is 5.75 Å². The minimum Gasteiger partial charge on any atom is -0.481 e. The monoisotopic (exact) mass is 347 g/mol. The van der Waals surface area contributed by atoms with Crippen molar-refractivity contribution < 1.29 is 19.1 Å². The van der Waals surface area contributed by atoms with Crippen molar-refractivity contribution in [2.45, 2.75) is 20.0 Å². The second kappa shape index (κ2) is 8.36. The molecule has 0 bridgehead atoms. The van der Waals surface area contributed by atoms with Gasteiger partial charge in [0, 0.05) is 10.7 Å². The highest BCUT2D eigenvalue weighted by Gasteiger charge is 2.16. The predicted molar refractivity (Wildman–Crippen MR) is 92.6 cm³/mol. The lowest BCUT2D eigenvalue weighted by atomic mass is 10.2. The minimum atomic E-state index is -0.711. The fourth-order valence-corrected chi connectivity index (χ4v) is 2.08. The van der Waals surface area contributed by atoms with Crippen molar-refractivity contribution in [1.82, 2.24) is 0 Å². The van der Waals surface area contributed by atoms with E-state index in [2.05, 4.69) is 5.32 Å². The number of ether oxygens (including phenoxy) is 2. The fraction of sp³-hybridized carbons (Fsp3) is 0.222. The van der Waals surface area contributed by atoms with Crippen molar-refractivity contribution in [3.05, 3.63) is 59.1 Å². The van der Waals surface area contributed by atoms with Crippen LogP contribution in [0.2, 0.25) is 5.02 Å². The van der Waals surface area contributed by atoms with Crippen LogP contribution < -0.4 is 10.1 Å². The lowest BCUT2D eigenvalue weighted by Gasteiger charge is -2.15. The Labute approximate surface area is 145 Å². The fourth-order valence-electron chi connectivity index (χ4n) is 1.95. The molecule has 0 aliphatic heterocycles. The zero-order valence-corrected chi connectivity index (χ0v) is 14.2. The van der Waals surface area contributed by atoms with E-state index in [4.69, 9.17) is 21.1 Å². The summed E-state index contributed by atoms with van der Waals surface area (Å²) in [5.41, 5.74) is 0.873. The van der Waals surface area contributed by atoms with Gasteiger partial charge in [0.05, 0.1) is 12.2 Å². The van der Waals surface area contributed by atoms with Gasteiger partial charge in [0.25, 0.3) is 5.91 Å². The summed E-state index contributed by atoms with van der Waals surface area (Å²) in [4.78, 5) is 23.9. The maximum absolute atomic E-state index is 12.2. The second-order valence-corrected chi connectivity index (χ2v) is 5.44. The van der Waals surface area contributed by atoms with E-state index in [1.54, 1.807) is 62.4 Å². The molecule has 24 heavy (non-hydrogen) atoms. The summed E-state index contributed by atoms with van der Waals surface area (Å²) in [7, 11) is 0. The van der Waals surface area contributed by atoms with E-state index in [-0.39, 0.29) is 5.91 Å². The number of carbonyl (C=O) groups excluding carboxylic acids is 2. The van der Waals surface area contributed by atoms with Crippen molar-refractivity contribution >= 4 is 29.2 Å². The van der Waals surface area contributed by atoms with Crippen molar-refractivity contribution in [3.63, 3.8) is 0 Å². The van der Waals surface area contributed by atoms with Gasteiger partial charge in [-0.25, -0.2) is 4.79 Å². The molecule has 5 nitrogen and oxygen atoms in total. The lowest BCUT2D eigenvalue weighted by molar-refractivity contribution is -0.122. The Morgan fingerprint density at radius 3 is 2.54 bits per heavy atom. The molecule has 6 heteroatoms. The van der Waals surface area contributed by atoms with Crippen LogP contribution in [0.4, 0.5) is 5.69 Å². The third kappa shape index (κ3) is 4.99. The average molecular weight is 348 g/mol. The molecule has 0 aromatic heterocycles. The Morgan fingerprint density at radius 2 is 1.88 bits per heavy atom. The van der Waals surface area contributed by atoms with E-state index in [0.717, 1.165) is 0 Å². The Bertz CT molecular complexity index is 715. The van der Waals surface area contributed by atoms with Crippen molar-refractivity contribution in [1.29, 1.82) is 0 Å². The topological polar surface area (TPSA) is 64.6 Å². The summed E-state index contributed by atoms with van der Waals surface area (Å²) in [5, 5.41) is 3.31. The van der Waals surface area contributed by atoms with Gasteiger partial charge in [0.15, 0.2) is 6.10 Å². The summed E-state index contributed by atoms with van der Waals surface area (Å²) < 4.78 is 10.5. The molecule has 0 radical (unpaired) electrons. The van der Waals surface area contributed by atoms with Gasteiger partial charge in [-0.2, -0.15) is 0 Å². The molecule has 0 saturated carbocycles. The number of carbonyl (C=O) groups is 2. The number of nitrogens with one attached hydrogen (secondary N) is 1. The second-order valence-electron chi connectivity index (χ2n) is 5.00. The highest BCUT2D eigenvalue weighted by atomic mass is 35.5. The number of rotatable bonds is 6. The van der Waals surface area contributed by atoms with Gasteiger partial charge >= 0.3 is 5.97 Å². The van der Waals surface area contributed by atoms with Crippen LogP contribution in [0.25, 0.3) is 0 Å². The molecule has 2 aromatic rings. The first kappa shape index (κ1) is 17.8. The van der Waals surface area contributed by atoms with Crippen molar-refractivity contribution in [2.24, 2.45) is 0 Å². The maximum Gasteiger partial charge on any atom is 0.338 e. The number of esters is 1. The van der Waals surface area contributed by atoms with E-state index in [1.807, 2.05) is 0 Å². The first-order valence-electron chi connectivity index (χ1n) is 7.50. The van der Waals surface area contributed by atoms with Gasteiger partial charge in [-0.05, 0) is 56.3 Å². The minimum absolute atomic E-state index is 0.293. The van der Waals surface area contributed by atoms with Crippen molar-refractivity contribution in [2.75, 3.05) is 11.9 Å². The number of anilines is 1. The third-order valence-electron chi connectivity index (χ3n) is 3.14. The number of benzene rings is 2. The van der Waals surface area contributed by atoms with Crippen LogP contribution in [-0.2, 0) is 9.53 Å². The molecule has 1 atom stereocenters. The van der Waals surface area contributed by atoms with E-state index < -0.39 is 12.1 Å². The van der Waals surface area contributed by atoms with E-state index in [1.165, 1.54) is 0 Å². The van der Waals surface area contributed by atoms with Gasteiger partial charge in [0.1, 0.15) is 5.75 Å². The Morgan fingerprint density at radius 1 is 1.17 bits per heavy atom. The summed E-state index contributed by atoms with van der Waals surface area (Å²) >= 11 is 5.81. The molecule has 0 fully saturated rings. The quantitative estimate of drug-likeness (QED) is 0.804. The molecule has 1 amide bonds. The van der Waals surface area contributed by atoms with Gasteiger partial charge in [0.2, 0.25) is 0 Å². The number of hydrogen-bond acceptors (Lipinski definition) is 4. The van der Waals surface area contributed by atoms with Gasteiger partial charge in [-0.1, -0.05) is 17.7 Å². The Hall–Kier alpha value is -2.53. The Balaban J connectivity index is 1.99. The first-order valence-corrected chi connectivity index (χ1v) is 7.87. The summed E-state index contributed by atoms with van der Waals surface area (Å²) in [6.07, 6.45) is -0.711. The van der Waals surface area contributed by atoms with Crippen LogP contribution in [0.3, 0.4) is 0 Å². The molecule has 0 aliphatic carbocycles. The average Bonchev–Trinajstić information content (AvgIpc) is 2.57. The standard InChI is InChI=1S/C18H18ClNO4/c1-3-23-18(22)13-5-4-6-15(11-13)20-17(21)12(2)24-16-9-7-14(19)8-10-16/h4-12H,3H2,1-2H3,(H,20,21)/t12-/m0/s1. The van der Waals surface area contributed by atoms with Gasteiger partial charge in [-0.3, -0.25) is 4.79 Å². The summed E-state index contributed by atoms with van der Waals surface area (Å²) in [6, 6.07) is 13.3.